The van der Waals surface area contributed by atoms with Crippen molar-refractivity contribution >= 4 is 21.5 Å². The summed E-state index contributed by atoms with van der Waals surface area (Å²) in [4.78, 5) is 4.37. The Morgan fingerprint density at radius 2 is 1.86 bits per heavy atom. The lowest BCUT2D eigenvalue weighted by Gasteiger charge is -2.10. The molecule has 0 aliphatic heterocycles. The van der Waals surface area contributed by atoms with E-state index in [4.69, 9.17) is 0 Å². The molecule has 2 rings (SSSR count). The zero-order valence-corrected chi connectivity index (χ0v) is 13.9. The summed E-state index contributed by atoms with van der Waals surface area (Å²) in [6.07, 6.45) is 2.63. The summed E-state index contributed by atoms with van der Waals surface area (Å²) < 4.78 is 27.2. The molecule has 1 aromatic carbocycles. The summed E-state index contributed by atoms with van der Waals surface area (Å²) in [6, 6.07) is 8.52. The molecule has 0 saturated carbocycles. The first-order valence-corrected chi connectivity index (χ1v) is 8.70. The number of nitrogens with one attached hydrogen (secondary N) is 2. The number of benzene rings is 1. The molecule has 2 aromatic rings. The third-order valence-electron chi connectivity index (χ3n) is 3.37. The Morgan fingerprint density at radius 1 is 1.09 bits per heavy atom. The fraction of sp³-hybridized carbons (Fsp3) is 0.312. The molecule has 1 aromatic heterocycles. The number of anilines is 2. The molecule has 0 atom stereocenters. The van der Waals surface area contributed by atoms with Gasteiger partial charge < -0.3 is 5.32 Å². The van der Waals surface area contributed by atoms with E-state index in [1.54, 1.807) is 36.5 Å². The van der Waals surface area contributed by atoms with Gasteiger partial charge in [0.15, 0.2) is 0 Å². The molecule has 0 amide bonds. The zero-order chi connectivity index (χ0) is 16.2. The van der Waals surface area contributed by atoms with Crippen LogP contribution < -0.4 is 10.0 Å². The maximum absolute atomic E-state index is 12.4. The van der Waals surface area contributed by atoms with Crippen LogP contribution in [0.4, 0.5) is 11.5 Å². The minimum absolute atomic E-state index is 0.241. The zero-order valence-electron chi connectivity index (χ0n) is 13.1. The Balaban J connectivity index is 2.16. The van der Waals surface area contributed by atoms with Crippen molar-refractivity contribution in [1.29, 1.82) is 0 Å². The SMILES string of the molecule is CCCNc1ccc(NS(=O)(=O)c2ccc(C)c(C)c2)nc1. The highest BCUT2D eigenvalue weighted by molar-refractivity contribution is 7.92. The van der Waals surface area contributed by atoms with Crippen LogP contribution in [0.2, 0.25) is 0 Å². The predicted molar refractivity (Wildman–Crippen MR) is 89.7 cm³/mol. The monoisotopic (exact) mass is 319 g/mol. The number of hydrogen-bond acceptors (Lipinski definition) is 4. The van der Waals surface area contributed by atoms with Crippen molar-refractivity contribution in [3.63, 3.8) is 0 Å². The lowest BCUT2D eigenvalue weighted by atomic mass is 10.1. The first-order valence-electron chi connectivity index (χ1n) is 7.22. The van der Waals surface area contributed by atoms with Crippen LogP contribution in [-0.4, -0.2) is 19.9 Å². The Labute approximate surface area is 131 Å². The van der Waals surface area contributed by atoms with Crippen molar-refractivity contribution in [3.05, 3.63) is 47.7 Å². The first kappa shape index (κ1) is 16.3. The van der Waals surface area contributed by atoms with Crippen molar-refractivity contribution < 1.29 is 8.42 Å². The van der Waals surface area contributed by atoms with Crippen LogP contribution in [0.15, 0.2) is 41.4 Å². The van der Waals surface area contributed by atoms with Crippen LogP contribution in [0, 0.1) is 13.8 Å². The summed E-state index contributed by atoms with van der Waals surface area (Å²) in [5.41, 5.74) is 2.87. The van der Waals surface area contributed by atoms with E-state index in [0.717, 1.165) is 29.8 Å². The van der Waals surface area contributed by atoms with E-state index >= 15 is 0 Å². The van der Waals surface area contributed by atoms with Crippen molar-refractivity contribution in [3.8, 4) is 0 Å². The highest BCUT2D eigenvalue weighted by atomic mass is 32.2. The van der Waals surface area contributed by atoms with Gasteiger partial charge in [-0.2, -0.15) is 0 Å². The Morgan fingerprint density at radius 3 is 2.45 bits per heavy atom. The van der Waals surface area contributed by atoms with Crippen LogP contribution in [-0.2, 0) is 10.0 Å². The number of aromatic nitrogens is 1. The molecule has 0 radical (unpaired) electrons. The molecule has 0 spiro atoms. The van der Waals surface area contributed by atoms with Gasteiger partial charge in [-0.3, -0.25) is 4.72 Å². The van der Waals surface area contributed by atoms with Gasteiger partial charge in [-0.15, -0.1) is 0 Å². The van der Waals surface area contributed by atoms with Crippen molar-refractivity contribution in [2.24, 2.45) is 0 Å². The van der Waals surface area contributed by atoms with Gasteiger partial charge >= 0.3 is 0 Å². The minimum Gasteiger partial charge on any atom is -0.384 e. The van der Waals surface area contributed by atoms with E-state index in [1.807, 2.05) is 13.8 Å². The van der Waals surface area contributed by atoms with Crippen LogP contribution in [0.5, 0.6) is 0 Å². The first-order chi connectivity index (χ1) is 10.4. The summed E-state index contributed by atoms with van der Waals surface area (Å²) in [5.74, 6) is 0.306. The van der Waals surface area contributed by atoms with Gasteiger partial charge in [0.25, 0.3) is 10.0 Å². The van der Waals surface area contributed by atoms with E-state index in [2.05, 4.69) is 21.9 Å². The molecule has 0 aliphatic carbocycles. The van der Waals surface area contributed by atoms with Crippen LogP contribution in [0.25, 0.3) is 0 Å². The maximum Gasteiger partial charge on any atom is 0.263 e. The molecule has 5 nitrogen and oxygen atoms in total. The predicted octanol–water partition coefficient (Wildman–Crippen LogP) is 3.32. The Hall–Kier alpha value is -2.08. The van der Waals surface area contributed by atoms with E-state index in [0.29, 0.717) is 5.82 Å². The molecule has 0 aliphatic rings. The number of pyridine rings is 1. The van der Waals surface area contributed by atoms with Crippen molar-refractivity contribution in [2.75, 3.05) is 16.6 Å². The Bertz CT molecular complexity index is 740. The van der Waals surface area contributed by atoms with Gasteiger partial charge in [0.2, 0.25) is 0 Å². The fourth-order valence-electron chi connectivity index (χ4n) is 1.91. The van der Waals surface area contributed by atoms with E-state index in [-0.39, 0.29) is 4.90 Å². The molecule has 22 heavy (non-hydrogen) atoms. The van der Waals surface area contributed by atoms with Crippen molar-refractivity contribution in [1.82, 2.24) is 4.98 Å². The molecule has 0 unspecified atom stereocenters. The smallest absolute Gasteiger partial charge is 0.263 e. The lowest BCUT2D eigenvalue weighted by molar-refractivity contribution is 0.601. The van der Waals surface area contributed by atoms with Gasteiger partial charge in [0, 0.05) is 6.54 Å². The van der Waals surface area contributed by atoms with E-state index in [9.17, 15) is 8.42 Å². The number of rotatable bonds is 6. The number of sulfonamides is 1. The summed E-state index contributed by atoms with van der Waals surface area (Å²) >= 11 is 0. The van der Waals surface area contributed by atoms with E-state index in [1.165, 1.54) is 0 Å². The third-order valence-corrected chi connectivity index (χ3v) is 4.72. The topological polar surface area (TPSA) is 71.1 Å². The average molecular weight is 319 g/mol. The number of hydrogen-bond donors (Lipinski definition) is 2. The maximum atomic E-state index is 12.4. The fourth-order valence-corrected chi connectivity index (χ4v) is 3.00. The normalized spacial score (nSPS) is 11.2. The third kappa shape index (κ3) is 3.98. The molecular weight excluding hydrogens is 298 g/mol. The molecule has 6 heteroatoms. The second-order valence-corrected chi connectivity index (χ2v) is 6.89. The molecule has 118 valence electrons. The average Bonchev–Trinajstić information content (AvgIpc) is 2.49. The largest absolute Gasteiger partial charge is 0.384 e. The molecular formula is C16H21N3O2S. The number of nitrogens with zero attached hydrogens (tertiary/aromatic N) is 1. The van der Waals surface area contributed by atoms with Crippen LogP contribution >= 0.6 is 0 Å². The van der Waals surface area contributed by atoms with Gasteiger partial charge in [0.1, 0.15) is 5.82 Å². The number of aryl methyl sites for hydroxylation is 2. The molecule has 0 fully saturated rings. The summed E-state index contributed by atoms with van der Waals surface area (Å²) in [6.45, 7) is 6.77. The van der Waals surface area contributed by atoms with Gasteiger partial charge in [-0.05, 0) is 55.7 Å². The summed E-state index contributed by atoms with van der Waals surface area (Å²) in [5, 5.41) is 3.19. The Kier molecular flexibility index (Phi) is 5.03. The minimum atomic E-state index is -3.62. The second kappa shape index (κ2) is 6.79. The highest BCUT2D eigenvalue weighted by Gasteiger charge is 2.15. The van der Waals surface area contributed by atoms with Crippen LogP contribution in [0.3, 0.4) is 0 Å². The molecule has 1 heterocycles. The van der Waals surface area contributed by atoms with Gasteiger partial charge in [-0.1, -0.05) is 13.0 Å². The standard InChI is InChI=1S/C16H21N3O2S/c1-4-9-17-14-6-8-16(18-11-14)19-22(20,21)15-7-5-12(2)13(3)10-15/h5-8,10-11,17H,4,9H2,1-3H3,(H,18,19). The second-order valence-electron chi connectivity index (χ2n) is 5.21. The van der Waals surface area contributed by atoms with Gasteiger partial charge in [-0.25, -0.2) is 13.4 Å². The van der Waals surface area contributed by atoms with Crippen molar-refractivity contribution in [2.45, 2.75) is 32.1 Å². The molecule has 2 N–H and O–H groups in total. The van der Waals surface area contributed by atoms with Gasteiger partial charge in [0.05, 0.1) is 16.8 Å². The molecule has 0 bridgehead atoms. The van der Waals surface area contributed by atoms with E-state index < -0.39 is 10.0 Å². The lowest BCUT2D eigenvalue weighted by Crippen LogP contribution is -2.14. The molecule has 0 saturated heterocycles. The highest BCUT2D eigenvalue weighted by Crippen LogP contribution is 2.18. The van der Waals surface area contributed by atoms with Crippen LogP contribution in [0.1, 0.15) is 24.5 Å². The quantitative estimate of drug-likeness (QED) is 0.857. The summed E-state index contributed by atoms with van der Waals surface area (Å²) in [7, 11) is -3.62.